The Morgan fingerprint density at radius 1 is 1.85 bits per heavy atom. The Hall–Kier alpha value is -0.100. The van der Waals surface area contributed by atoms with Gasteiger partial charge in [-0.2, -0.15) is 0 Å². The Morgan fingerprint density at radius 3 is 2.85 bits per heavy atom. The number of halogens is 2. The molecule has 6 heteroatoms. The Kier molecular flexibility index (Phi) is 3.73. The standard InChI is InChI=1S/C7H7BrClNO2S/c8-3-1-5(13-7(3)9)4(10)2-6(11)12/h1,4H,2,10H2,(H,11,12)/t4-/m0/s1. The fraction of sp³-hybridized carbons (Fsp3) is 0.286. The Morgan fingerprint density at radius 2 is 2.46 bits per heavy atom. The number of rotatable bonds is 3. The largest absolute Gasteiger partial charge is 0.481 e. The van der Waals surface area contributed by atoms with Crippen LogP contribution in [0.4, 0.5) is 0 Å². The smallest absolute Gasteiger partial charge is 0.305 e. The molecule has 0 saturated heterocycles. The molecule has 1 aromatic rings. The van der Waals surface area contributed by atoms with Gasteiger partial charge in [0.2, 0.25) is 0 Å². The molecule has 0 aliphatic carbocycles. The van der Waals surface area contributed by atoms with Gasteiger partial charge in [-0.3, -0.25) is 4.79 Å². The molecule has 0 aromatic carbocycles. The lowest BCUT2D eigenvalue weighted by atomic mass is 10.2. The fourth-order valence-corrected chi connectivity index (χ4v) is 2.57. The molecule has 0 saturated carbocycles. The molecule has 1 heterocycles. The third-order valence-electron chi connectivity index (χ3n) is 1.42. The zero-order valence-corrected chi connectivity index (χ0v) is 9.62. The number of hydrogen-bond donors (Lipinski definition) is 2. The van der Waals surface area contributed by atoms with Crippen LogP contribution in [0.1, 0.15) is 17.3 Å². The summed E-state index contributed by atoms with van der Waals surface area (Å²) in [6, 6.07) is 1.27. The van der Waals surface area contributed by atoms with Crippen molar-refractivity contribution in [1.82, 2.24) is 0 Å². The molecule has 72 valence electrons. The zero-order valence-electron chi connectivity index (χ0n) is 6.46. The molecule has 1 rings (SSSR count). The van der Waals surface area contributed by atoms with Gasteiger partial charge in [0, 0.05) is 15.4 Å². The SMILES string of the molecule is N[C@@H](CC(=O)O)c1cc(Br)c(Cl)s1. The van der Waals surface area contributed by atoms with Gasteiger partial charge in [-0.1, -0.05) is 11.6 Å². The second-order valence-corrected chi connectivity index (χ2v) is 5.01. The molecule has 0 aliphatic heterocycles. The van der Waals surface area contributed by atoms with Crippen molar-refractivity contribution in [2.45, 2.75) is 12.5 Å². The van der Waals surface area contributed by atoms with Gasteiger partial charge < -0.3 is 10.8 Å². The van der Waals surface area contributed by atoms with Crippen molar-refractivity contribution in [3.63, 3.8) is 0 Å². The lowest BCUT2D eigenvalue weighted by molar-refractivity contribution is -0.137. The number of hydrogen-bond acceptors (Lipinski definition) is 3. The molecule has 0 fully saturated rings. The number of carboxylic acid groups (broad SMARTS) is 1. The highest BCUT2D eigenvalue weighted by Crippen LogP contribution is 2.35. The molecule has 3 N–H and O–H groups in total. The molecule has 0 unspecified atom stereocenters. The summed E-state index contributed by atoms with van der Waals surface area (Å²) >= 11 is 10.3. The van der Waals surface area contributed by atoms with E-state index in [1.165, 1.54) is 11.3 Å². The Bertz CT molecular complexity index is 309. The molecule has 1 atom stereocenters. The summed E-state index contributed by atoms with van der Waals surface area (Å²) in [7, 11) is 0. The van der Waals surface area contributed by atoms with Crippen LogP contribution >= 0.6 is 38.9 Å². The van der Waals surface area contributed by atoms with Crippen molar-refractivity contribution in [3.05, 3.63) is 19.8 Å². The number of thiophene rings is 1. The summed E-state index contributed by atoms with van der Waals surface area (Å²) in [4.78, 5) is 11.1. The maximum atomic E-state index is 10.4. The first kappa shape index (κ1) is 11.0. The van der Waals surface area contributed by atoms with E-state index in [4.69, 9.17) is 22.4 Å². The highest BCUT2D eigenvalue weighted by atomic mass is 79.9. The van der Waals surface area contributed by atoms with E-state index >= 15 is 0 Å². The van der Waals surface area contributed by atoms with Crippen molar-refractivity contribution in [1.29, 1.82) is 0 Å². The number of carbonyl (C=O) groups is 1. The molecule has 0 amide bonds. The second kappa shape index (κ2) is 4.41. The van der Waals surface area contributed by atoms with Crippen molar-refractivity contribution in [2.24, 2.45) is 5.73 Å². The van der Waals surface area contributed by atoms with Gasteiger partial charge >= 0.3 is 5.97 Å². The van der Waals surface area contributed by atoms with Gasteiger partial charge in [0.05, 0.1) is 6.42 Å². The van der Waals surface area contributed by atoms with Gasteiger partial charge in [-0.25, -0.2) is 0 Å². The van der Waals surface area contributed by atoms with Crippen LogP contribution in [0, 0.1) is 0 Å². The first-order chi connectivity index (χ1) is 6.00. The summed E-state index contributed by atoms with van der Waals surface area (Å²) < 4.78 is 1.35. The minimum Gasteiger partial charge on any atom is -0.481 e. The topological polar surface area (TPSA) is 63.3 Å². The monoisotopic (exact) mass is 283 g/mol. The summed E-state index contributed by atoms with van der Waals surface area (Å²) in [5, 5.41) is 8.50. The Balaban J connectivity index is 2.77. The van der Waals surface area contributed by atoms with Crippen LogP contribution in [-0.2, 0) is 4.79 Å². The molecular weight excluding hydrogens is 278 g/mol. The lowest BCUT2D eigenvalue weighted by Gasteiger charge is -2.04. The predicted octanol–water partition coefficient (Wildman–Crippen LogP) is 2.64. The molecule has 0 bridgehead atoms. The molecule has 3 nitrogen and oxygen atoms in total. The van der Waals surface area contributed by atoms with Crippen LogP contribution < -0.4 is 5.73 Å². The molecule has 13 heavy (non-hydrogen) atoms. The fourth-order valence-electron chi connectivity index (χ4n) is 0.835. The minimum absolute atomic E-state index is 0.0801. The minimum atomic E-state index is -0.909. The van der Waals surface area contributed by atoms with E-state index in [9.17, 15) is 4.79 Å². The summed E-state index contributed by atoms with van der Waals surface area (Å²) in [5.41, 5.74) is 5.63. The van der Waals surface area contributed by atoms with Crippen LogP contribution in [-0.4, -0.2) is 11.1 Å². The van der Waals surface area contributed by atoms with Crippen LogP contribution in [0.25, 0.3) is 0 Å². The van der Waals surface area contributed by atoms with Crippen molar-refractivity contribution < 1.29 is 9.90 Å². The van der Waals surface area contributed by atoms with Gasteiger partial charge in [-0.05, 0) is 22.0 Å². The van der Waals surface area contributed by atoms with E-state index < -0.39 is 12.0 Å². The van der Waals surface area contributed by atoms with Gasteiger partial charge in [0.15, 0.2) is 0 Å². The first-order valence-electron chi connectivity index (χ1n) is 3.43. The Labute approximate surface area is 92.6 Å². The summed E-state index contributed by atoms with van der Waals surface area (Å²) in [6.45, 7) is 0. The number of aliphatic carboxylic acids is 1. The average molecular weight is 285 g/mol. The van der Waals surface area contributed by atoms with Crippen LogP contribution in [0.3, 0.4) is 0 Å². The van der Waals surface area contributed by atoms with E-state index in [2.05, 4.69) is 15.9 Å². The third-order valence-corrected chi connectivity index (χ3v) is 4.03. The lowest BCUT2D eigenvalue weighted by Crippen LogP contribution is -2.13. The van der Waals surface area contributed by atoms with Crippen LogP contribution in [0.5, 0.6) is 0 Å². The molecular formula is C7H7BrClNO2S. The summed E-state index contributed by atoms with van der Waals surface area (Å²) in [6.07, 6.45) is -0.0801. The average Bonchev–Trinajstić information content (AvgIpc) is 2.31. The highest BCUT2D eigenvalue weighted by Gasteiger charge is 2.14. The zero-order chi connectivity index (χ0) is 10.0. The van der Waals surface area contributed by atoms with Gasteiger partial charge in [0.25, 0.3) is 0 Å². The van der Waals surface area contributed by atoms with Crippen LogP contribution in [0.15, 0.2) is 10.5 Å². The highest BCUT2D eigenvalue weighted by molar-refractivity contribution is 9.10. The maximum Gasteiger partial charge on any atom is 0.305 e. The second-order valence-electron chi connectivity index (χ2n) is 2.47. The van der Waals surface area contributed by atoms with Gasteiger partial charge in [-0.15, -0.1) is 11.3 Å². The van der Waals surface area contributed by atoms with Crippen LogP contribution in [0.2, 0.25) is 4.34 Å². The van der Waals surface area contributed by atoms with E-state index in [-0.39, 0.29) is 6.42 Å². The van der Waals surface area contributed by atoms with Gasteiger partial charge in [0.1, 0.15) is 4.34 Å². The third kappa shape index (κ3) is 2.95. The first-order valence-corrected chi connectivity index (χ1v) is 5.41. The van der Waals surface area contributed by atoms with E-state index in [1.807, 2.05) is 0 Å². The number of carboxylic acids is 1. The number of nitrogens with two attached hydrogens (primary N) is 1. The summed E-state index contributed by atoms with van der Waals surface area (Å²) in [5.74, 6) is -0.909. The predicted molar refractivity (Wildman–Crippen MR) is 56.2 cm³/mol. The van der Waals surface area contributed by atoms with Crippen molar-refractivity contribution >= 4 is 44.8 Å². The molecule has 0 spiro atoms. The molecule has 0 radical (unpaired) electrons. The van der Waals surface area contributed by atoms with E-state index in [0.29, 0.717) is 4.34 Å². The van der Waals surface area contributed by atoms with Crippen molar-refractivity contribution in [3.8, 4) is 0 Å². The normalized spacial score (nSPS) is 12.8. The molecule has 0 aliphatic rings. The van der Waals surface area contributed by atoms with E-state index in [1.54, 1.807) is 6.07 Å². The maximum absolute atomic E-state index is 10.4. The molecule has 1 aromatic heterocycles. The van der Waals surface area contributed by atoms with Crippen molar-refractivity contribution in [2.75, 3.05) is 0 Å². The van der Waals surface area contributed by atoms with E-state index in [0.717, 1.165) is 9.35 Å². The quantitative estimate of drug-likeness (QED) is 0.897.